The second-order valence-electron chi connectivity index (χ2n) is 6.04. The molecular weight excluding hydrogens is 355 g/mol. The van der Waals surface area contributed by atoms with Crippen LogP contribution in [0.25, 0.3) is 0 Å². The molecule has 0 saturated carbocycles. The molecule has 138 valence electrons. The van der Waals surface area contributed by atoms with E-state index < -0.39 is 34.7 Å². The fourth-order valence-electron chi connectivity index (χ4n) is 2.52. The van der Waals surface area contributed by atoms with Crippen LogP contribution in [-0.4, -0.2) is 11.8 Å². The lowest BCUT2D eigenvalue weighted by Gasteiger charge is -2.30. The molecule has 1 aromatic heterocycles. The first kappa shape index (κ1) is 17.8. The largest absolute Gasteiger partial charge is 0.451 e. The van der Waals surface area contributed by atoms with E-state index in [9.17, 15) is 22.8 Å². The molecule has 1 aliphatic heterocycles. The Kier molecular flexibility index (Phi) is 4.17. The Labute approximate surface area is 145 Å². The average Bonchev–Trinajstić information content (AvgIpc) is 2.50. The molecule has 0 atom stereocenters. The summed E-state index contributed by atoms with van der Waals surface area (Å²) in [5, 5.41) is 2.61. The predicted molar refractivity (Wildman–Crippen MR) is 83.9 cm³/mol. The van der Waals surface area contributed by atoms with Crippen molar-refractivity contribution in [3.63, 3.8) is 0 Å². The normalized spacial score (nSPS) is 15.7. The van der Waals surface area contributed by atoms with Crippen LogP contribution in [0.4, 0.5) is 19.1 Å². The van der Waals surface area contributed by atoms with Gasteiger partial charge in [-0.05, 0) is 11.6 Å². The average molecular weight is 369 g/mol. The number of halogens is 3. The molecule has 0 unspecified atom stereocenters. The highest BCUT2D eigenvalue weighted by molar-refractivity contribution is 5.93. The van der Waals surface area contributed by atoms with E-state index in [4.69, 9.17) is 13.9 Å². The molecule has 1 aromatic carbocycles. The topological polar surface area (TPSA) is 77.8 Å². The van der Waals surface area contributed by atoms with Gasteiger partial charge in [-0.2, -0.15) is 13.2 Å². The molecule has 1 aliphatic rings. The molecule has 9 heteroatoms. The molecule has 26 heavy (non-hydrogen) atoms. The lowest BCUT2D eigenvalue weighted by Crippen LogP contribution is -2.41. The van der Waals surface area contributed by atoms with Gasteiger partial charge in [0.05, 0.1) is 5.56 Å². The minimum atomic E-state index is -4.51. The Balaban J connectivity index is 1.89. The molecule has 0 aliphatic carbocycles. The van der Waals surface area contributed by atoms with E-state index in [1.54, 1.807) is 0 Å². The van der Waals surface area contributed by atoms with Crippen LogP contribution in [0.1, 0.15) is 35.3 Å². The minimum absolute atomic E-state index is 0.0268. The molecule has 2 heterocycles. The van der Waals surface area contributed by atoms with Gasteiger partial charge in [-0.15, -0.1) is 0 Å². The van der Waals surface area contributed by atoms with E-state index in [2.05, 4.69) is 5.32 Å². The third kappa shape index (κ3) is 3.51. The van der Waals surface area contributed by atoms with E-state index in [0.29, 0.717) is 0 Å². The van der Waals surface area contributed by atoms with Gasteiger partial charge in [0, 0.05) is 26.5 Å². The maximum absolute atomic E-state index is 13.0. The van der Waals surface area contributed by atoms with Crippen molar-refractivity contribution in [3.8, 4) is 5.75 Å². The highest BCUT2D eigenvalue weighted by Crippen LogP contribution is 2.33. The van der Waals surface area contributed by atoms with Crippen molar-refractivity contribution < 1.29 is 31.9 Å². The van der Waals surface area contributed by atoms with Gasteiger partial charge >= 0.3 is 17.8 Å². The van der Waals surface area contributed by atoms with E-state index in [1.165, 1.54) is 38.1 Å². The van der Waals surface area contributed by atoms with Gasteiger partial charge in [0.25, 0.3) is 0 Å². The van der Waals surface area contributed by atoms with E-state index >= 15 is 0 Å². The lowest BCUT2D eigenvalue weighted by molar-refractivity contribution is -0.138. The van der Waals surface area contributed by atoms with E-state index in [1.807, 2.05) is 0 Å². The second kappa shape index (κ2) is 6.08. The number of alkyl halides is 3. The minimum Gasteiger partial charge on any atom is -0.451 e. The maximum Gasteiger partial charge on any atom is 0.416 e. The summed E-state index contributed by atoms with van der Waals surface area (Å²) in [5.74, 6) is -2.36. The first-order valence-corrected chi connectivity index (χ1v) is 7.56. The number of carbonyl (C=O) groups is 1. The lowest BCUT2D eigenvalue weighted by atomic mass is 10.1. The van der Waals surface area contributed by atoms with Gasteiger partial charge in [-0.25, -0.2) is 9.59 Å². The van der Waals surface area contributed by atoms with Gasteiger partial charge < -0.3 is 19.2 Å². The SMILES string of the molecule is CC1(C)OC(=O)c2c(cc(NCc3ccccc3C(F)(F)F)oc2=O)O1. The maximum atomic E-state index is 13.0. The highest BCUT2D eigenvalue weighted by Gasteiger charge is 2.37. The molecular formula is C17H14F3NO5. The van der Waals surface area contributed by atoms with Crippen molar-refractivity contribution in [1.82, 2.24) is 0 Å². The Bertz CT molecular complexity index is 917. The highest BCUT2D eigenvalue weighted by atomic mass is 19.4. The Morgan fingerprint density at radius 1 is 1.12 bits per heavy atom. The number of nitrogens with one attached hydrogen (secondary N) is 1. The van der Waals surface area contributed by atoms with Crippen LogP contribution in [0.2, 0.25) is 0 Å². The van der Waals surface area contributed by atoms with Crippen molar-refractivity contribution in [3.05, 3.63) is 57.4 Å². The fourth-order valence-corrected chi connectivity index (χ4v) is 2.52. The number of rotatable bonds is 3. The van der Waals surface area contributed by atoms with Crippen LogP contribution < -0.4 is 15.7 Å². The zero-order valence-corrected chi connectivity index (χ0v) is 13.8. The number of hydrogen-bond acceptors (Lipinski definition) is 6. The van der Waals surface area contributed by atoms with Crippen molar-refractivity contribution in [2.45, 2.75) is 32.4 Å². The van der Waals surface area contributed by atoms with Gasteiger partial charge in [-0.3, -0.25) is 0 Å². The molecule has 0 radical (unpaired) electrons. The number of carbonyl (C=O) groups excluding carboxylic acids is 1. The zero-order chi connectivity index (χ0) is 19.1. The molecule has 0 bridgehead atoms. The number of fused-ring (bicyclic) bond motifs is 1. The first-order chi connectivity index (χ1) is 12.1. The number of cyclic esters (lactones) is 1. The van der Waals surface area contributed by atoms with Gasteiger partial charge in [0.2, 0.25) is 11.7 Å². The van der Waals surface area contributed by atoms with Crippen LogP contribution in [0.15, 0.2) is 39.5 Å². The van der Waals surface area contributed by atoms with Gasteiger partial charge in [0.1, 0.15) is 0 Å². The fraction of sp³-hybridized carbons (Fsp3) is 0.294. The summed E-state index contributed by atoms with van der Waals surface area (Å²) in [5.41, 5.74) is -2.23. The third-order valence-electron chi connectivity index (χ3n) is 3.59. The Hall–Kier alpha value is -2.97. The van der Waals surface area contributed by atoms with Crippen molar-refractivity contribution in [2.24, 2.45) is 0 Å². The van der Waals surface area contributed by atoms with Gasteiger partial charge in [0.15, 0.2) is 11.3 Å². The molecule has 0 fully saturated rings. The Morgan fingerprint density at radius 3 is 2.50 bits per heavy atom. The zero-order valence-electron chi connectivity index (χ0n) is 13.8. The number of anilines is 1. The third-order valence-corrected chi connectivity index (χ3v) is 3.59. The summed E-state index contributed by atoms with van der Waals surface area (Å²) < 4.78 is 54.3. The van der Waals surface area contributed by atoms with Crippen LogP contribution in [0.3, 0.4) is 0 Å². The Morgan fingerprint density at radius 2 is 1.81 bits per heavy atom. The van der Waals surface area contributed by atoms with Crippen LogP contribution in [0.5, 0.6) is 5.75 Å². The number of benzene rings is 1. The van der Waals surface area contributed by atoms with E-state index in [0.717, 1.165) is 6.07 Å². The monoisotopic (exact) mass is 369 g/mol. The van der Waals surface area contributed by atoms with Crippen LogP contribution in [-0.2, 0) is 17.5 Å². The van der Waals surface area contributed by atoms with Crippen molar-refractivity contribution in [1.29, 1.82) is 0 Å². The van der Waals surface area contributed by atoms with Crippen molar-refractivity contribution in [2.75, 3.05) is 5.32 Å². The summed E-state index contributed by atoms with van der Waals surface area (Å²) in [7, 11) is 0. The number of hydrogen-bond donors (Lipinski definition) is 1. The first-order valence-electron chi connectivity index (χ1n) is 7.56. The summed E-state index contributed by atoms with van der Waals surface area (Å²) in [6, 6.07) is 6.25. The van der Waals surface area contributed by atoms with Crippen LogP contribution in [0, 0.1) is 0 Å². The molecule has 6 nitrogen and oxygen atoms in total. The quantitative estimate of drug-likeness (QED) is 0.834. The van der Waals surface area contributed by atoms with Crippen molar-refractivity contribution >= 4 is 11.9 Å². The summed E-state index contributed by atoms with van der Waals surface area (Å²) in [6.07, 6.45) is -4.51. The van der Waals surface area contributed by atoms with Crippen LogP contribution >= 0.6 is 0 Å². The smallest absolute Gasteiger partial charge is 0.416 e. The summed E-state index contributed by atoms with van der Waals surface area (Å²) in [6.45, 7) is 2.72. The molecule has 1 N–H and O–H groups in total. The second-order valence-corrected chi connectivity index (χ2v) is 6.04. The summed E-state index contributed by atoms with van der Waals surface area (Å²) in [4.78, 5) is 23.8. The molecule has 0 spiro atoms. The number of ether oxygens (including phenoxy) is 2. The molecule has 0 amide bonds. The van der Waals surface area contributed by atoms with Gasteiger partial charge in [-0.1, -0.05) is 18.2 Å². The molecule has 2 aromatic rings. The van der Waals surface area contributed by atoms with E-state index in [-0.39, 0.29) is 23.7 Å². The predicted octanol–water partition coefficient (Wildman–Crippen LogP) is 3.56. The summed E-state index contributed by atoms with van der Waals surface area (Å²) >= 11 is 0. The molecule has 0 saturated heterocycles. The standard InChI is InChI=1S/C17H14F3NO5/c1-16(2)25-11-7-12(24-14(22)13(11)15(23)26-16)21-8-9-5-3-4-6-10(9)17(18,19)20/h3-7,21H,8H2,1-2H3. The molecule has 3 rings (SSSR count). The number of esters is 1.